The maximum Gasteiger partial charge on any atom is 0.305 e. The van der Waals surface area contributed by atoms with Gasteiger partial charge >= 0.3 is 11.9 Å². The molecule has 0 N–H and O–H groups in total. The molecule has 0 radical (unpaired) electrons. The van der Waals surface area contributed by atoms with E-state index in [-0.39, 0.29) is 11.9 Å². The van der Waals surface area contributed by atoms with E-state index in [1.54, 1.807) is 0 Å². The summed E-state index contributed by atoms with van der Waals surface area (Å²) in [5, 5.41) is 0. The van der Waals surface area contributed by atoms with Gasteiger partial charge < -0.3 is 9.47 Å². The normalized spacial score (nSPS) is 11.7. The first-order chi connectivity index (χ1) is 32.7. The molecule has 390 valence electrons. The van der Waals surface area contributed by atoms with E-state index in [4.69, 9.17) is 9.47 Å². The summed E-state index contributed by atoms with van der Waals surface area (Å²) in [6.45, 7) is 5.80. The van der Waals surface area contributed by atoms with Crippen LogP contribution in [0.5, 0.6) is 0 Å². The van der Waals surface area contributed by atoms with E-state index < -0.39 is 0 Å². The standard InChI is InChI=1S/C62H118O4/c1-3-5-7-9-11-13-15-17-19-21-23-25-29-33-37-41-45-49-53-57-61(63)65-59-55-51-47-43-39-35-31-27-28-32-36-40-44-48-52-56-60-66-62(64)58-54-50-46-42-38-34-30-26-24-22-20-18-16-14-12-10-8-6-4-2/h17-20H,3-16,21-60H2,1-2H3. The second-order valence-electron chi connectivity index (χ2n) is 20.6. The van der Waals surface area contributed by atoms with Crippen LogP contribution >= 0.6 is 0 Å². The van der Waals surface area contributed by atoms with Gasteiger partial charge in [0.25, 0.3) is 0 Å². The Morgan fingerprint density at radius 3 is 0.652 bits per heavy atom. The second-order valence-corrected chi connectivity index (χ2v) is 20.6. The summed E-state index contributed by atoms with van der Waals surface area (Å²) in [4.78, 5) is 24.2. The van der Waals surface area contributed by atoms with Gasteiger partial charge in [-0.2, -0.15) is 0 Å². The van der Waals surface area contributed by atoms with Crippen molar-refractivity contribution >= 4 is 11.9 Å². The molecular weight excluding hydrogens is 809 g/mol. The zero-order chi connectivity index (χ0) is 47.6. The summed E-state index contributed by atoms with van der Waals surface area (Å²) in [6, 6.07) is 0. The molecule has 0 fully saturated rings. The number of allylic oxidation sites excluding steroid dienone is 4. The maximum absolute atomic E-state index is 12.1. The van der Waals surface area contributed by atoms with Crippen molar-refractivity contribution in [1.29, 1.82) is 0 Å². The Bertz CT molecular complexity index is 908. The highest BCUT2D eigenvalue weighted by atomic mass is 16.5. The summed E-state index contributed by atoms with van der Waals surface area (Å²) < 4.78 is 11.0. The van der Waals surface area contributed by atoms with Crippen LogP contribution in [0.2, 0.25) is 0 Å². The number of ether oxygens (including phenoxy) is 2. The molecule has 0 aromatic carbocycles. The Balaban J connectivity index is 3.22. The second kappa shape index (κ2) is 59.5. The van der Waals surface area contributed by atoms with E-state index in [9.17, 15) is 9.59 Å². The van der Waals surface area contributed by atoms with Gasteiger partial charge in [0, 0.05) is 12.8 Å². The summed E-state index contributed by atoms with van der Waals surface area (Å²) in [6.07, 6.45) is 76.3. The maximum atomic E-state index is 12.1. The lowest BCUT2D eigenvalue weighted by atomic mass is 10.0. The van der Waals surface area contributed by atoms with Crippen molar-refractivity contribution in [1.82, 2.24) is 0 Å². The molecule has 4 nitrogen and oxygen atoms in total. The fraction of sp³-hybridized carbons (Fsp3) is 0.903. The van der Waals surface area contributed by atoms with Gasteiger partial charge in [0.15, 0.2) is 0 Å². The summed E-state index contributed by atoms with van der Waals surface area (Å²) >= 11 is 0. The molecular formula is C62H118O4. The zero-order valence-electron chi connectivity index (χ0n) is 45.1. The average molecular weight is 928 g/mol. The van der Waals surface area contributed by atoms with Gasteiger partial charge in [0.05, 0.1) is 13.2 Å². The molecule has 0 amide bonds. The predicted octanol–water partition coefficient (Wildman–Crippen LogP) is 21.5. The van der Waals surface area contributed by atoms with Gasteiger partial charge in [-0.05, 0) is 77.0 Å². The van der Waals surface area contributed by atoms with E-state index in [2.05, 4.69) is 38.2 Å². The number of carbonyl (C=O) groups is 2. The molecule has 0 saturated carbocycles. The quantitative estimate of drug-likeness (QED) is 0.0346. The van der Waals surface area contributed by atoms with Crippen LogP contribution in [0.3, 0.4) is 0 Å². The summed E-state index contributed by atoms with van der Waals surface area (Å²) in [7, 11) is 0. The van der Waals surface area contributed by atoms with Crippen LogP contribution < -0.4 is 0 Å². The van der Waals surface area contributed by atoms with Crippen LogP contribution in [0.4, 0.5) is 0 Å². The largest absolute Gasteiger partial charge is 0.466 e. The zero-order valence-corrected chi connectivity index (χ0v) is 45.1. The lowest BCUT2D eigenvalue weighted by Gasteiger charge is -2.06. The molecule has 0 aliphatic rings. The van der Waals surface area contributed by atoms with Gasteiger partial charge in [-0.15, -0.1) is 0 Å². The smallest absolute Gasteiger partial charge is 0.305 e. The third-order valence-corrected chi connectivity index (χ3v) is 13.9. The molecule has 0 heterocycles. The van der Waals surface area contributed by atoms with Crippen molar-refractivity contribution < 1.29 is 19.1 Å². The summed E-state index contributed by atoms with van der Waals surface area (Å²) in [5.74, 6) is 0.0289. The number of unbranched alkanes of at least 4 members (excludes halogenated alkanes) is 45. The fourth-order valence-electron chi connectivity index (χ4n) is 9.29. The van der Waals surface area contributed by atoms with Crippen molar-refractivity contribution in [2.24, 2.45) is 0 Å². The van der Waals surface area contributed by atoms with Crippen molar-refractivity contribution in [3.05, 3.63) is 24.3 Å². The van der Waals surface area contributed by atoms with Crippen LogP contribution in [0.1, 0.15) is 348 Å². The minimum absolute atomic E-state index is 0.0145. The van der Waals surface area contributed by atoms with Crippen LogP contribution in [0, 0.1) is 0 Å². The molecule has 0 aromatic heterocycles. The van der Waals surface area contributed by atoms with Gasteiger partial charge in [-0.3, -0.25) is 9.59 Å². The minimum atomic E-state index is 0.0145. The van der Waals surface area contributed by atoms with Crippen LogP contribution in [0.15, 0.2) is 24.3 Å². The van der Waals surface area contributed by atoms with Crippen LogP contribution in [-0.4, -0.2) is 25.2 Å². The lowest BCUT2D eigenvalue weighted by molar-refractivity contribution is -0.144. The molecule has 0 unspecified atom stereocenters. The molecule has 4 heteroatoms. The number of hydrogen-bond donors (Lipinski definition) is 0. The monoisotopic (exact) mass is 927 g/mol. The van der Waals surface area contributed by atoms with Crippen molar-refractivity contribution in [2.75, 3.05) is 13.2 Å². The van der Waals surface area contributed by atoms with E-state index in [1.165, 1.54) is 295 Å². The first-order valence-corrected chi connectivity index (χ1v) is 30.3. The summed E-state index contributed by atoms with van der Waals surface area (Å²) in [5.41, 5.74) is 0. The predicted molar refractivity (Wildman–Crippen MR) is 292 cm³/mol. The molecule has 0 rings (SSSR count). The highest BCUT2D eigenvalue weighted by Crippen LogP contribution is 2.17. The topological polar surface area (TPSA) is 52.6 Å². The third kappa shape index (κ3) is 58.5. The number of carbonyl (C=O) groups excluding carboxylic acids is 2. The van der Waals surface area contributed by atoms with Crippen molar-refractivity contribution in [3.8, 4) is 0 Å². The van der Waals surface area contributed by atoms with E-state index in [0.29, 0.717) is 26.1 Å². The number of rotatable bonds is 57. The molecule has 0 bridgehead atoms. The first-order valence-electron chi connectivity index (χ1n) is 30.3. The molecule has 66 heavy (non-hydrogen) atoms. The Labute approximate surface area is 414 Å². The highest BCUT2D eigenvalue weighted by Gasteiger charge is 2.05. The van der Waals surface area contributed by atoms with Crippen molar-refractivity contribution in [2.45, 2.75) is 348 Å². The fourth-order valence-corrected chi connectivity index (χ4v) is 9.29. The van der Waals surface area contributed by atoms with E-state index >= 15 is 0 Å². The number of esters is 2. The molecule has 0 aromatic rings. The van der Waals surface area contributed by atoms with Gasteiger partial charge in [0.1, 0.15) is 0 Å². The molecule has 0 aliphatic heterocycles. The molecule has 0 spiro atoms. The Hall–Kier alpha value is -1.58. The minimum Gasteiger partial charge on any atom is -0.466 e. The van der Waals surface area contributed by atoms with Gasteiger partial charge in [-0.1, -0.05) is 282 Å². The molecule has 0 atom stereocenters. The number of hydrogen-bond acceptors (Lipinski definition) is 4. The third-order valence-electron chi connectivity index (χ3n) is 13.9. The van der Waals surface area contributed by atoms with Crippen LogP contribution in [0.25, 0.3) is 0 Å². The first kappa shape index (κ1) is 64.4. The molecule has 0 saturated heterocycles. The Morgan fingerprint density at radius 2 is 0.424 bits per heavy atom. The lowest BCUT2D eigenvalue weighted by Crippen LogP contribution is -2.05. The molecule has 0 aliphatic carbocycles. The van der Waals surface area contributed by atoms with Crippen LogP contribution in [-0.2, 0) is 19.1 Å². The van der Waals surface area contributed by atoms with Gasteiger partial charge in [-0.25, -0.2) is 0 Å². The highest BCUT2D eigenvalue weighted by molar-refractivity contribution is 5.69. The SMILES string of the molecule is CCCCCCCCC=CCCCCCCCCCCCC(=O)OCCCCCCCCCCCCCCCCCCOC(=O)CCCCCCCCCCCC=CCCCCCCCC. The van der Waals surface area contributed by atoms with Crippen molar-refractivity contribution in [3.63, 3.8) is 0 Å². The van der Waals surface area contributed by atoms with E-state index in [0.717, 1.165) is 25.7 Å². The van der Waals surface area contributed by atoms with E-state index in [1.807, 2.05) is 0 Å². The average Bonchev–Trinajstić information content (AvgIpc) is 3.32. The Morgan fingerprint density at radius 1 is 0.242 bits per heavy atom. The van der Waals surface area contributed by atoms with Gasteiger partial charge in [0.2, 0.25) is 0 Å². The Kier molecular flexibility index (Phi) is 58.1.